The van der Waals surface area contributed by atoms with Crippen LogP contribution in [0.4, 0.5) is 16.0 Å². The fraction of sp³-hybridized carbons (Fsp3) is 0.231. The Hall–Kier alpha value is -1.92. The number of hydrogen-bond donors (Lipinski definition) is 1. The number of rotatable bonds is 5. The van der Waals surface area contributed by atoms with Gasteiger partial charge in [0.2, 0.25) is 5.95 Å². The normalized spacial score (nSPS) is 10.4. The zero-order chi connectivity index (χ0) is 14.5. The van der Waals surface area contributed by atoms with E-state index in [4.69, 9.17) is 21.1 Å². The Morgan fingerprint density at radius 1 is 1.25 bits per heavy atom. The van der Waals surface area contributed by atoms with Crippen molar-refractivity contribution in [3.63, 3.8) is 0 Å². The molecule has 0 aliphatic heterocycles. The summed E-state index contributed by atoms with van der Waals surface area (Å²) in [5, 5.41) is 3.16. The lowest BCUT2D eigenvalue weighted by molar-refractivity contribution is 0.181. The molecule has 0 aliphatic rings. The first-order valence-corrected chi connectivity index (χ1v) is 6.13. The monoisotopic (exact) mass is 297 g/mol. The molecule has 0 atom stereocenters. The maximum Gasteiger partial charge on any atom is 0.228 e. The molecule has 1 aromatic heterocycles. The van der Waals surface area contributed by atoms with E-state index in [2.05, 4.69) is 15.3 Å². The zero-order valence-corrected chi connectivity index (χ0v) is 11.7. The first kappa shape index (κ1) is 14.5. The number of methoxy groups -OCH3 is 2. The molecule has 1 heterocycles. The molecule has 0 fully saturated rings. The standard InChI is InChI=1S/C13H13ClFN3O2/c1-19-7-9-6-12(14)18-13(17-9)16-8-3-4-11(20-2)10(15)5-8/h3-6H,7H2,1-2H3,(H,16,17,18). The van der Waals surface area contributed by atoms with Crippen LogP contribution in [0, 0.1) is 5.82 Å². The maximum atomic E-state index is 13.6. The van der Waals surface area contributed by atoms with E-state index in [1.165, 1.54) is 19.2 Å². The molecule has 5 nitrogen and oxygen atoms in total. The van der Waals surface area contributed by atoms with E-state index in [1.807, 2.05) is 0 Å². The molecule has 1 aromatic carbocycles. The Bertz CT molecular complexity index is 610. The highest BCUT2D eigenvalue weighted by molar-refractivity contribution is 6.29. The van der Waals surface area contributed by atoms with Gasteiger partial charge in [0.1, 0.15) is 5.15 Å². The van der Waals surface area contributed by atoms with Gasteiger partial charge in [-0.15, -0.1) is 0 Å². The second-order valence-electron chi connectivity index (χ2n) is 3.91. The van der Waals surface area contributed by atoms with Crippen LogP contribution in [-0.2, 0) is 11.3 Å². The summed E-state index contributed by atoms with van der Waals surface area (Å²) in [5.41, 5.74) is 1.12. The Morgan fingerprint density at radius 2 is 2.05 bits per heavy atom. The summed E-state index contributed by atoms with van der Waals surface area (Å²) in [5.74, 6) is -0.0339. The minimum atomic E-state index is -0.475. The van der Waals surface area contributed by atoms with E-state index in [0.29, 0.717) is 18.0 Å². The van der Waals surface area contributed by atoms with Crippen LogP contribution in [0.5, 0.6) is 5.75 Å². The van der Waals surface area contributed by atoms with Gasteiger partial charge in [-0.2, -0.15) is 0 Å². The van der Waals surface area contributed by atoms with Crippen LogP contribution < -0.4 is 10.1 Å². The lowest BCUT2D eigenvalue weighted by Crippen LogP contribution is -2.02. The van der Waals surface area contributed by atoms with Gasteiger partial charge >= 0.3 is 0 Å². The van der Waals surface area contributed by atoms with E-state index in [9.17, 15) is 4.39 Å². The highest BCUT2D eigenvalue weighted by Gasteiger charge is 2.07. The molecular formula is C13H13ClFN3O2. The number of benzene rings is 1. The van der Waals surface area contributed by atoms with Crippen molar-refractivity contribution in [3.05, 3.63) is 40.9 Å². The van der Waals surface area contributed by atoms with Gasteiger partial charge in [0.05, 0.1) is 19.4 Å². The SMILES string of the molecule is COCc1cc(Cl)nc(Nc2ccc(OC)c(F)c2)n1. The van der Waals surface area contributed by atoms with Crippen LogP contribution in [0.3, 0.4) is 0 Å². The smallest absolute Gasteiger partial charge is 0.228 e. The van der Waals surface area contributed by atoms with E-state index in [1.54, 1.807) is 19.2 Å². The van der Waals surface area contributed by atoms with Crippen molar-refractivity contribution in [2.24, 2.45) is 0 Å². The lowest BCUT2D eigenvalue weighted by atomic mass is 10.3. The molecule has 0 saturated heterocycles. The van der Waals surface area contributed by atoms with Gasteiger partial charge in [0.25, 0.3) is 0 Å². The molecule has 0 amide bonds. The quantitative estimate of drug-likeness (QED) is 0.859. The van der Waals surface area contributed by atoms with Crippen molar-refractivity contribution < 1.29 is 13.9 Å². The van der Waals surface area contributed by atoms with Crippen molar-refractivity contribution in [1.29, 1.82) is 0 Å². The van der Waals surface area contributed by atoms with Crippen molar-refractivity contribution in [2.75, 3.05) is 19.5 Å². The number of anilines is 2. The third-order valence-electron chi connectivity index (χ3n) is 2.45. The maximum absolute atomic E-state index is 13.6. The van der Waals surface area contributed by atoms with Crippen LogP contribution in [0.15, 0.2) is 24.3 Å². The summed E-state index contributed by atoms with van der Waals surface area (Å²) in [7, 11) is 2.96. The topological polar surface area (TPSA) is 56.3 Å². The predicted molar refractivity (Wildman–Crippen MR) is 74.0 cm³/mol. The molecule has 2 aromatic rings. The second kappa shape index (κ2) is 6.49. The number of hydrogen-bond acceptors (Lipinski definition) is 5. The number of ether oxygens (including phenoxy) is 2. The molecule has 2 rings (SSSR count). The van der Waals surface area contributed by atoms with Crippen molar-refractivity contribution in [1.82, 2.24) is 9.97 Å². The Morgan fingerprint density at radius 3 is 2.70 bits per heavy atom. The van der Waals surface area contributed by atoms with Crippen molar-refractivity contribution in [3.8, 4) is 5.75 Å². The average molecular weight is 298 g/mol. The zero-order valence-electron chi connectivity index (χ0n) is 11.0. The Kier molecular flexibility index (Phi) is 4.70. The van der Waals surface area contributed by atoms with Gasteiger partial charge in [-0.05, 0) is 18.2 Å². The number of nitrogens with one attached hydrogen (secondary N) is 1. The molecule has 1 N–H and O–H groups in total. The predicted octanol–water partition coefficient (Wildman–Crippen LogP) is 3.17. The highest BCUT2D eigenvalue weighted by Crippen LogP contribution is 2.23. The molecule has 106 valence electrons. The lowest BCUT2D eigenvalue weighted by Gasteiger charge is -2.08. The van der Waals surface area contributed by atoms with Gasteiger partial charge in [-0.1, -0.05) is 11.6 Å². The first-order valence-electron chi connectivity index (χ1n) is 5.75. The number of nitrogens with zero attached hydrogens (tertiary/aromatic N) is 2. The van der Waals surface area contributed by atoms with Gasteiger partial charge < -0.3 is 14.8 Å². The van der Waals surface area contributed by atoms with E-state index in [0.717, 1.165) is 0 Å². The fourth-order valence-electron chi connectivity index (χ4n) is 1.62. The van der Waals surface area contributed by atoms with Crippen LogP contribution in [0.1, 0.15) is 5.69 Å². The summed E-state index contributed by atoms with van der Waals surface area (Å²) < 4.78 is 23.4. The summed E-state index contributed by atoms with van der Waals surface area (Å²) in [4.78, 5) is 8.22. The highest BCUT2D eigenvalue weighted by atomic mass is 35.5. The first-order chi connectivity index (χ1) is 9.62. The molecule has 0 unspecified atom stereocenters. The van der Waals surface area contributed by atoms with E-state index >= 15 is 0 Å². The minimum Gasteiger partial charge on any atom is -0.494 e. The largest absolute Gasteiger partial charge is 0.494 e. The third-order valence-corrected chi connectivity index (χ3v) is 2.64. The molecule has 0 saturated carbocycles. The second-order valence-corrected chi connectivity index (χ2v) is 4.30. The van der Waals surface area contributed by atoms with Crippen LogP contribution in [0.2, 0.25) is 5.15 Å². The van der Waals surface area contributed by atoms with Gasteiger partial charge in [-0.25, -0.2) is 14.4 Å². The summed E-state index contributed by atoms with van der Waals surface area (Å²) in [6.45, 7) is 0.313. The molecular weight excluding hydrogens is 285 g/mol. The molecule has 0 spiro atoms. The van der Waals surface area contributed by atoms with Crippen LogP contribution in [-0.4, -0.2) is 24.2 Å². The van der Waals surface area contributed by atoms with Crippen molar-refractivity contribution >= 4 is 23.2 Å². The Balaban J connectivity index is 2.23. The number of aromatic nitrogens is 2. The van der Waals surface area contributed by atoms with Gasteiger partial charge in [0.15, 0.2) is 11.6 Å². The molecule has 0 bridgehead atoms. The molecule has 0 aliphatic carbocycles. The minimum absolute atomic E-state index is 0.169. The Labute approximate surface area is 120 Å². The van der Waals surface area contributed by atoms with Crippen LogP contribution in [0.25, 0.3) is 0 Å². The average Bonchev–Trinajstić information content (AvgIpc) is 2.38. The number of halogens is 2. The van der Waals surface area contributed by atoms with Crippen LogP contribution >= 0.6 is 11.6 Å². The summed E-state index contributed by atoms with van der Waals surface area (Å²) in [6, 6.07) is 6.06. The molecule has 20 heavy (non-hydrogen) atoms. The molecule has 0 radical (unpaired) electrons. The summed E-state index contributed by atoms with van der Waals surface area (Å²) in [6.07, 6.45) is 0. The van der Waals surface area contributed by atoms with E-state index in [-0.39, 0.29) is 16.9 Å². The fourth-order valence-corrected chi connectivity index (χ4v) is 1.82. The third kappa shape index (κ3) is 3.55. The van der Waals surface area contributed by atoms with Crippen molar-refractivity contribution in [2.45, 2.75) is 6.61 Å². The van der Waals surface area contributed by atoms with E-state index < -0.39 is 5.82 Å². The summed E-state index contributed by atoms with van der Waals surface area (Å²) >= 11 is 5.89. The van der Waals surface area contributed by atoms with Gasteiger partial charge in [-0.3, -0.25) is 0 Å². The molecule has 7 heteroatoms. The van der Waals surface area contributed by atoms with Gasteiger partial charge in [0, 0.05) is 18.9 Å².